The number of piperazine rings is 1. The van der Waals surface area contributed by atoms with E-state index in [1.165, 1.54) is 0 Å². The normalized spacial score (nSPS) is 15.1. The first-order valence-electron chi connectivity index (χ1n) is 6.09. The largest absolute Gasteiger partial charge is 0.359 e. The number of para-hydroxylation sites is 1. The highest BCUT2D eigenvalue weighted by Gasteiger charge is 2.21. The molecule has 19 heavy (non-hydrogen) atoms. The molecule has 1 aromatic heterocycles. The monoisotopic (exact) mass is 252 g/mol. The number of carbonyl (C=O) groups is 1. The third-order valence-corrected chi connectivity index (χ3v) is 3.22. The fourth-order valence-corrected chi connectivity index (χ4v) is 2.38. The van der Waals surface area contributed by atoms with E-state index in [-0.39, 0.29) is 12.5 Å². The lowest BCUT2D eigenvalue weighted by atomic mass is 10.1. The van der Waals surface area contributed by atoms with Crippen molar-refractivity contribution in [2.45, 2.75) is 0 Å². The number of fused-ring (bicyclic) bond motifs is 1. The third kappa shape index (κ3) is 1.97. The average Bonchev–Trinajstić information content (AvgIpc) is 2.46. The van der Waals surface area contributed by atoms with Crippen molar-refractivity contribution in [2.75, 3.05) is 24.5 Å². The zero-order valence-corrected chi connectivity index (χ0v) is 10.3. The van der Waals surface area contributed by atoms with Gasteiger partial charge in [-0.1, -0.05) is 18.2 Å². The highest BCUT2D eigenvalue weighted by atomic mass is 16.2. The molecule has 0 aliphatic carbocycles. The van der Waals surface area contributed by atoms with E-state index in [1.54, 1.807) is 6.20 Å². The van der Waals surface area contributed by atoms with Crippen LogP contribution >= 0.6 is 0 Å². The molecule has 1 aliphatic heterocycles. The molecule has 5 heteroatoms. The molecule has 0 bridgehead atoms. The minimum absolute atomic E-state index is 0.0176. The van der Waals surface area contributed by atoms with E-state index in [1.807, 2.05) is 29.2 Å². The maximum absolute atomic E-state index is 11.5. The van der Waals surface area contributed by atoms with Crippen LogP contribution in [-0.2, 0) is 4.79 Å². The summed E-state index contributed by atoms with van der Waals surface area (Å²) >= 11 is 0. The average molecular weight is 252 g/mol. The van der Waals surface area contributed by atoms with Crippen LogP contribution in [0.5, 0.6) is 0 Å². The maximum Gasteiger partial charge on any atom is 0.239 e. The molecule has 3 rings (SSSR count). The van der Waals surface area contributed by atoms with Crippen molar-refractivity contribution >= 4 is 22.5 Å². The molecule has 0 saturated carbocycles. The Bertz CT molecular complexity index is 689. The van der Waals surface area contributed by atoms with Crippen molar-refractivity contribution in [3.63, 3.8) is 0 Å². The lowest BCUT2D eigenvalue weighted by Crippen LogP contribution is -2.48. The summed E-state index contributed by atoms with van der Waals surface area (Å²) in [5.41, 5.74) is 2.15. The van der Waals surface area contributed by atoms with Gasteiger partial charge in [-0.25, -0.2) is 0 Å². The molecular formula is C14H12N4O. The van der Waals surface area contributed by atoms with Gasteiger partial charge in [-0.2, -0.15) is 5.26 Å². The van der Waals surface area contributed by atoms with Crippen molar-refractivity contribution in [1.29, 1.82) is 5.26 Å². The van der Waals surface area contributed by atoms with E-state index in [9.17, 15) is 10.1 Å². The van der Waals surface area contributed by atoms with Gasteiger partial charge in [0.15, 0.2) is 0 Å². The third-order valence-electron chi connectivity index (χ3n) is 3.22. The van der Waals surface area contributed by atoms with Crippen LogP contribution in [0.3, 0.4) is 0 Å². The minimum atomic E-state index is -0.0176. The predicted molar refractivity (Wildman–Crippen MR) is 71.7 cm³/mol. The van der Waals surface area contributed by atoms with Gasteiger partial charge in [0.1, 0.15) is 6.07 Å². The molecule has 2 aromatic rings. The van der Waals surface area contributed by atoms with Gasteiger partial charge in [0, 0.05) is 24.7 Å². The van der Waals surface area contributed by atoms with E-state index in [0.29, 0.717) is 18.7 Å². The standard InChI is InChI=1S/C14H12N4O/c15-7-10-8-17-12-4-2-1-3-11(12)14(10)18-6-5-16-13(19)9-18/h1-4,8H,5-6,9H2,(H,16,19). The molecular weight excluding hydrogens is 240 g/mol. The lowest BCUT2D eigenvalue weighted by molar-refractivity contribution is -0.120. The lowest BCUT2D eigenvalue weighted by Gasteiger charge is -2.30. The van der Waals surface area contributed by atoms with Crippen molar-refractivity contribution in [2.24, 2.45) is 0 Å². The number of nitrogens with one attached hydrogen (secondary N) is 1. The van der Waals surface area contributed by atoms with E-state index >= 15 is 0 Å². The van der Waals surface area contributed by atoms with Crippen LogP contribution in [0.1, 0.15) is 5.56 Å². The van der Waals surface area contributed by atoms with Crippen LogP contribution < -0.4 is 10.2 Å². The Balaban J connectivity index is 2.19. The van der Waals surface area contributed by atoms with Gasteiger partial charge < -0.3 is 10.2 Å². The van der Waals surface area contributed by atoms with Crippen LogP contribution in [0.4, 0.5) is 5.69 Å². The van der Waals surface area contributed by atoms with Crippen molar-refractivity contribution in [3.8, 4) is 6.07 Å². The quantitative estimate of drug-likeness (QED) is 0.823. The molecule has 0 unspecified atom stereocenters. The van der Waals surface area contributed by atoms with Crippen LogP contribution in [0.15, 0.2) is 30.5 Å². The first-order valence-corrected chi connectivity index (χ1v) is 6.09. The number of nitriles is 1. The molecule has 0 radical (unpaired) electrons. The fraction of sp³-hybridized carbons (Fsp3) is 0.214. The SMILES string of the molecule is N#Cc1cnc2ccccc2c1N1CCNC(=O)C1. The zero-order valence-electron chi connectivity index (χ0n) is 10.3. The Kier molecular flexibility index (Phi) is 2.76. The minimum Gasteiger partial charge on any atom is -0.359 e. The molecule has 1 amide bonds. The highest BCUT2D eigenvalue weighted by molar-refractivity contribution is 5.96. The van der Waals surface area contributed by atoms with Crippen LogP contribution in [0.25, 0.3) is 10.9 Å². The number of nitrogens with zero attached hydrogens (tertiary/aromatic N) is 3. The number of hydrogen-bond acceptors (Lipinski definition) is 4. The molecule has 0 spiro atoms. The summed E-state index contributed by atoms with van der Waals surface area (Å²) in [7, 11) is 0. The summed E-state index contributed by atoms with van der Waals surface area (Å²) in [6, 6.07) is 9.83. The number of aromatic nitrogens is 1. The van der Waals surface area contributed by atoms with Crippen molar-refractivity contribution < 1.29 is 4.79 Å². The highest BCUT2D eigenvalue weighted by Crippen LogP contribution is 2.29. The van der Waals surface area contributed by atoms with E-state index in [4.69, 9.17) is 0 Å². The van der Waals surface area contributed by atoms with Gasteiger partial charge >= 0.3 is 0 Å². The number of rotatable bonds is 1. The Morgan fingerprint density at radius 2 is 2.21 bits per heavy atom. The Hall–Kier alpha value is -2.61. The van der Waals surface area contributed by atoms with E-state index in [0.717, 1.165) is 16.6 Å². The van der Waals surface area contributed by atoms with E-state index < -0.39 is 0 Å². The number of hydrogen-bond donors (Lipinski definition) is 1. The summed E-state index contributed by atoms with van der Waals surface area (Å²) in [4.78, 5) is 17.8. The molecule has 2 heterocycles. The summed E-state index contributed by atoms with van der Waals surface area (Å²) in [6.45, 7) is 1.58. The fourth-order valence-electron chi connectivity index (χ4n) is 2.38. The molecule has 1 aliphatic rings. The second kappa shape index (κ2) is 4.58. The molecule has 1 saturated heterocycles. The summed E-state index contributed by atoms with van der Waals surface area (Å²) in [6.07, 6.45) is 1.57. The number of carbonyl (C=O) groups excluding carboxylic acids is 1. The van der Waals surface area contributed by atoms with Gasteiger partial charge in [0.25, 0.3) is 0 Å². The Labute approximate surface area is 110 Å². The molecule has 1 N–H and O–H groups in total. The Morgan fingerprint density at radius 1 is 1.37 bits per heavy atom. The predicted octanol–water partition coefficient (Wildman–Crippen LogP) is 1.04. The number of benzene rings is 1. The first-order chi connectivity index (χ1) is 9.29. The van der Waals surface area contributed by atoms with Crippen LogP contribution in [-0.4, -0.2) is 30.5 Å². The van der Waals surface area contributed by atoms with Crippen molar-refractivity contribution in [3.05, 3.63) is 36.0 Å². The molecule has 94 valence electrons. The molecule has 1 fully saturated rings. The topological polar surface area (TPSA) is 69.0 Å². The molecule has 0 atom stereocenters. The smallest absolute Gasteiger partial charge is 0.239 e. The summed E-state index contributed by atoms with van der Waals surface area (Å²) < 4.78 is 0. The maximum atomic E-state index is 11.5. The van der Waals surface area contributed by atoms with Gasteiger partial charge in [0.2, 0.25) is 5.91 Å². The van der Waals surface area contributed by atoms with E-state index in [2.05, 4.69) is 16.4 Å². The van der Waals surface area contributed by atoms with Gasteiger partial charge in [0.05, 0.1) is 23.3 Å². The second-order valence-corrected chi connectivity index (χ2v) is 4.42. The second-order valence-electron chi connectivity index (χ2n) is 4.42. The first kappa shape index (κ1) is 11.5. The van der Waals surface area contributed by atoms with Gasteiger partial charge in [-0.05, 0) is 6.07 Å². The van der Waals surface area contributed by atoms with Gasteiger partial charge in [-0.3, -0.25) is 9.78 Å². The zero-order chi connectivity index (χ0) is 13.2. The van der Waals surface area contributed by atoms with Gasteiger partial charge in [-0.15, -0.1) is 0 Å². The number of amides is 1. The number of pyridine rings is 1. The van der Waals surface area contributed by atoms with Crippen LogP contribution in [0, 0.1) is 11.3 Å². The number of anilines is 1. The summed E-state index contributed by atoms with van der Waals surface area (Å²) in [5.74, 6) is -0.0176. The molecule has 5 nitrogen and oxygen atoms in total. The van der Waals surface area contributed by atoms with Crippen LogP contribution in [0.2, 0.25) is 0 Å². The molecule has 1 aromatic carbocycles. The summed E-state index contributed by atoms with van der Waals surface area (Å²) in [5, 5.41) is 13.0. The Morgan fingerprint density at radius 3 is 3.00 bits per heavy atom. The van der Waals surface area contributed by atoms with Crippen molar-refractivity contribution in [1.82, 2.24) is 10.3 Å².